The first-order valence-electron chi connectivity index (χ1n) is 5.18. The van der Waals surface area contributed by atoms with Gasteiger partial charge in [-0.3, -0.25) is 4.79 Å². The summed E-state index contributed by atoms with van der Waals surface area (Å²) in [6.45, 7) is 3.01. The molecule has 9 heteroatoms. The minimum Gasteiger partial charge on any atom is -0.339 e. The Labute approximate surface area is 108 Å². The minimum absolute atomic E-state index is 0. The summed E-state index contributed by atoms with van der Waals surface area (Å²) in [5.74, 6) is -0.128. The summed E-state index contributed by atoms with van der Waals surface area (Å²) in [7, 11) is -3.64. The highest BCUT2D eigenvalue weighted by Crippen LogP contribution is 2.06. The second kappa shape index (κ2) is 6.50. The van der Waals surface area contributed by atoms with E-state index in [0.717, 1.165) is 4.31 Å². The summed E-state index contributed by atoms with van der Waals surface area (Å²) >= 11 is 0. The Balaban J connectivity index is 0.00000256. The summed E-state index contributed by atoms with van der Waals surface area (Å²) in [6.07, 6.45) is 0.578. The highest BCUT2D eigenvalue weighted by Gasteiger charge is 2.28. The maximum absolute atomic E-state index is 11.7. The molecule has 102 valence electrons. The van der Waals surface area contributed by atoms with Gasteiger partial charge in [0.25, 0.3) is 10.2 Å². The fourth-order valence-electron chi connectivity index (χ4n) is 1.57. The molecule has 7 nitrogen and oxygen atoms in total. The Kier molecular flexibility index (Phi) is 6.35. The highest BCUT2D eigenvalue weighted by atomic mass is 35.5. The average molecular weight is 287 g/mol. The van der Waals surface area contributed by atoms with Crippen LogP contribution in [0.2, 0.25) is 0 Å². The van der Waals surface area contributed by atoms with Crippen LogP contribution in [0.25, 0.3) is 0 Å². The number of piperazine rings is 1. The van der Waals surface area contributed by atoms with Gasteiger partial charge in [0.05, 0.1) is 6.04 Å². The number of carbonyl (C=O) groups is 1. The molecule has 0 saturated carbocycles. The molecule has 1 aliphatic rings. The van der Waals surface area contributed by atoms with Crippen LogP contribution < -0.4 is 10.9 Å². The van der Waals surface area contributed by atoms with Crippen LogP contribution in [0.5, 0.6) is 0 Å². The van der Waals surface area contributed by atoms with E-state index in [0.29, 0.717) is 19.5 Å². The van der Waals surface area contributed by atoms with Gasteiger partial charge in [0.2, 0.25) is 5.91 Å². The van der Waals surface area contributed by atoms with Crippen molar-refractivity contribution in [1.82, 2.24) is 9.21 Å². The molecule has 1 saturated heterocycles. The molecule has 1 amide bonds. The van der Waals surface area contributed by atoms with Crippen LogP contribution >= 0.6 is 12.4 Å². The molecule has 0 aromatic carbocycles. The number of nitrogens with two attached hydrogens (primary N) is 2. The first-order valence-corrected chi connectivity index (χ1v) is 6.68. The van der Waals surface area contributed by atoms with E-state index in [9.17, 15) is 13.2 Å². The summed E-state index contributed by atoms with van der Waals surface area (Å²) in [5, 5.41) is 4.99. The van der Waals surface area contributed by atoms with Crippen LogP contribution in [-0.4, -0.2) is 55.8 Å². The van der Waals surface area contributed by atoms with E-state index in [4.69, 9.17) is 10.9 Å². The van der Waals surface area contributed by atoms with Crippen molar-refractivity contribution in [2.75, 3.05) is 26.2 Å². The topological polar surface area (TPSA) is 110 Å². The van der Waals surface area contributed by atoms with Gasteiger partial charge in [-0.2, -0.15) is 12.7 Å². The lowest BCUT2D eigenvalue weighted by Gasteiger charge is -2.34. The Bertz CT molecular complexity index is 354. The summed E-state index contributed by atoms with van der Waals surface area (Å²) < 4.78 is 23.2. The number of hydrogen-bond donors (Lipinski definition) is 2. The SMILES string of the molecule is CCC(N)C(=O)N1CCN(S(N)(=O)=O)CC1.Cl. The van der Waals surface area contributed by atoms with E-state index in [1.807, 2.05) is 6.92 Å². The number of nitrogens with zero attached hydrogens (tertiary/aromatic N) is 2. The third-order valence-corrected chi connectivity index (χ3v) is 3.75. The largest absolute Gasteiger partial charge is 0.339 e. The number of amides is 1. The zero-order chi connectivity index (χ0) is 12.3. The van der Waals surface area contributed by atoms with Crippen molar-refractivity contribution < 1.29 is 13.2 Å². The average Bonchev–Trinajstić information content (AvgIpc) is 2.26. The van der Waals surface area contributed by atoms with Crippen LogP contribution in [0.15, 0.2) is 0 Å². The fraction of sp³-hybridized carbons (Fsp3) is 0.875. The first-order chi connectivity index (χ1) is 7.36. The van der Waals surface area contributed by atoms with Crippen molar-refractivity contribution in [2.24, 2.45) is 10.9 Å². The molecule has 0 bridgehead atoms. The van der Waals surface area contributed by atoms with Crippen LogP contribution in [0.4, 0.5) is 0 Å². The van der Waals surface area contributed by atoms with Gasteiger partial charge in [0.15, 0.2) is 0 Å². The lowest BCUT2D eigenvalue weighted by Crippen LogP contribution is -2.55. The van der Waals surface area contributed by atoms with Gasteiger partial charge in [-0.1, -0.05) is 6.92 Å². The first kappa shape index (κ1) is 16.6. The quantitative estimate of drug-likeness (QED) is 0.657. The maximum atomic E-state index is 11.7. The van der Waals surface area contributed by atoms with Gasteiger partial charge in [-0.05, 0) is 6.42 Å². The molecule has 0 radical (unpaired) electrons. The van der Waals surface area contributed by atoms with Gasteiger partial charge in [-0.15, -0.1) is 12.4 Å². The molecule has 1 heterocycles. The van der Waals surface area contributed by atoms with E-state index >= 15 is 0 Å². The molecule has 1 rings (SSSR count). The Hall–Kier alpha value is -0.410. The van der Waals surface area contributed by atoms with E-state index in [1.165, 1.54) is 0 Å². The van der Waals surface area contributed by atoms with Crippen LogP contribution in [0, 0.1) is 0 Å². The van der Waals surface area contributed by atoms with Crippen molar-refractivity contribution in [3.63, 3.8) is 0 Å². The van der Waals surface area contributed by atoms with Gasteiger partial charge in [0, 0.05) is 26.2 Å². The van der Waals surface area contributed by atoms with Crippen LogP contribution in [-0.2, 0) is 15.0 Å². The Morgan fingerprint density at radius 3 is 2.12 bits per heavy atom. The smallest absolute Gasteiger partial charge is 0.277 e. The molecule has 0 aromatic heterocycles. The van der Waals surface area contributed by atoms with E-state index < -0.39 is 16.3 Å². The summed E-state index contributed by atoms with van der Waals surface area (Å²) in [4.78, 5) is 13.3. The maximum Gasteiger partial charge on any atom is 0.277 e. The monoisotopic (exact) mass is 286 g/mol. The van der Waals surface area contributed by atoms with Crippen LogP contribution in [0.1, 0.15) is 13.3 Å². The molecular formula is C8H19ClN4O3S. The third kappa shape index (κ3) is 4.40. The number of halogens is 1. The predicted molar refractivity (Wildman–Crippen MR) is 66.8 cm³/mol. The fourth-order valence-corrected chi connectivity index (χ4v) is 2.24. The normalized spacial score (nSPS) is 19.6. The zero-order valence-electron chi connectivity index (χ0n) is 9.70. The molecule has 0 spiro atoms. The molecule has 1 atom stereocenters. The lowest BCUT2D eigenvalue weighted by molar-refractivity contribution is -0.133. The second-order valence-corrected chi connectivity index (χ2v) is 5.33. The molecule has 0 aliphatic carbocycles. The van der Waals surface area contributed by atoms with Gasteiger partial charge < -0.3 is 10.6 Å². The molecule has 1 aliphatic heterocycles. The van der Waals surface area contributed by atoms with Gasteiger partial charge in [0.1, 0.15) is 0 Å². The zero-order valence-corrected chi connectivity index (χ0v) is 11.3. The van der Waals surface area contributed by atoms with Crippen LogP contribution in [0.3, 0.4) is 0 Å². The van der Waals surface area contributed by atoms with Crippen molar-refractivity contribution in [3.8, 4) is 0 Å². The molecule has 0 aromatic rings. The molecule has 1 unspecified atom stereocenters. The summed E-state index contributed by atoms with van der Waals surface area (Å²) in [6, 6.07) is -0.499. The minimum atomic E-state index is -3.64. The number of rotatable bonds is 3. The van der Waals surface area contributed by atoms with E-state index in [2.05, 4.69) is 0 Å². The lowest BCUT2D eigenvalue weighted by atomic mass is 10.2. The highest BCUT2D eigenvalue weighted by molar-refractivity contribution is 7.86. The predicted octanol–water partition coefficient (Wildman–Crippen LogP) is -1.51. The van der Waals surface area contributed by atoms with Crippen molar-refractivity contribution in [2.45, 2.75) is 19.4 Å². The molecule has 4 N–H and O–H groups in total. The number of hydrogen-bond acceptors (Lipinski definition) is 4. The Morgan fingerprint density at radius 2 is 1.76 bits per heavy atom. The molecule has 1 fully saturated rings. The van der Waals surface area contributed by atoms with Gasteiger partial charge >= 0.3 is 0 Å². The second-order valence-electron chi connectivity index (χ2n) is 3.78. The van der Waals surface area contributed by atoms with Gasteiger partial charge in [-0.25, -0.2) is 5.14 Å². The number of carbonyl (C=O) groups excluding carboxylic acids is 1. The van der Waals surface area contributed by atoms with Crippen molar-refractivity contribution >= 4 is 28.5 Å². The third-order valence-electron chi connectivity index (χ3n) is 2.67. The van der Waals surface area contributed by atoms with Crippen molar-refractivity contribution in [1.29, 1.82) is 0 Å². The molecule has 17 heavy (non-hydrogen) atoms. The Morgan fingerprint density at radius 1 is 1.29 bits per heavy atom. The van der Waals surface area contributed by atoms with E-state index in [-0.39, 0.29) is 31.4 Å². The standard InChI is InChI=1S/C8H18N4O3S.ClH/c1-2-7(9)8(13)11-3-5-12(6-4-11)16(10,14)15;/h7H,2-6,9H2,1H3,(H2,10,14,15);1H. The van der Waals surface area contributed by atoms with E-state index in [1.54, 1.807) is 4.90 Å². The van der Waals surface area contributed by atoms with Crippen molar-refractivity contribution in [3.05, 3.63) is 0 Å². The molecular weight excluding hydrogens is 268 g/mol. The summed E-state index contributed by atoms with van der Waals surface area (Å²) in [5.41, 5.74) is 5.62.